The number of aromatic nitrogens is 1. The van der Waals surface area contributed by atoms with Crippen LogP contribution in [0.2, 0.25) is 0 Å². The van der Waals surface area contributed by atoms with Crippen molar-refractivity contribution in [1.29, 1.82) is 0 Å². The van der Waals surface area contributed by atoms with Crippen molar-refractivity contribution >= 4 is 11.7 Å². The number of nitrogens with zero attached hydrogens (tertiary/aromatic N) is 2. The second-order valence-corrected chi connectivity index (χ2v) is 6.65. The molecule has 8 heteroatoms. The Labute approximate surface area is 145 Å². The van der Waals surface area contributed by atoms with Gasteiger partial charge in [0.1, 0.15) is 5.82 Å². The molecule has 5 nitrogen and oxygen atoms in total. The van der Waals surface area contributed by atoms with Crippen LogP contribution in [0, 0.1) is 0 Å². The number of hydrogen-bond acceptors (Lipinski definition) is 4. The number of halogens is 3. The predicted molar refractivity (Wildman–Crippen MR) is 88.1 cm³/mol. The van der Waals surface area contributed by atoms with Crippen LogP contribution in [-0.4, -0.2) is 40.9 Å². The van der Waals surface area contributed by atoms with Crippen LogP contribution < -0.4 is 10.2 Å². The summed E-state index contributed by atoms with van der Waals surface area (Å²) in [6.07, 6.45) is 0.459. The van der Waals surface area contributed by atoms with Gasteiger partial charge in [-0.25, -0.2) is 4.98 Å². The molecule has 1 aliphatic rings. The molecule has 1 atom stereocenters. The number of nitrogens with one attached hydrogen (secondary N) is 1. The molecule has 2 heterocycles. The molecule has 0 radical (unpaired) electrons. The van der Waals surface area contributed by atoms with Gasteiger partial charge in [-0.1, -0.05) is 18.9 Å². The van der Waals surface area contributed by atoms with Crippen LogP contribution in [0.3, 0.4) is 0 Å². The van der Waals surface area contributed by atoms with E-state index in [0.717, 1.165) is 31.7 Å². The molecule has 1 aromatic heterocycles. The van der Waals surface area contributed by atoms with Gasteiger partial charge in [-0.2, -0.15) is 13.2 Å². The Morgan fingerprint density at radius 2 is 1.88 bits per heavy atom. The minimum absolute atomic E-state index is 0.0695. The van der Waals surface area contributed by atoms with Gasteiger partial charge in [0, 0.05) is 25.8 Å². The van der Waals surface area contributed by atoms with Gasteiger partial charge in [0.25, 0.3) is 0 Å². The SMILES string of the molecule is C[C@](O)(CC(=O)NCc1ccc(N2CCCCCC2)nc1)C(F)(F)F. The summed E-state index contributed by atoms with van der Waals surface area (Å²) >= 11 is 0. The van der Waals surface area contributed by atoms with E-state index < -0.39 is 24.1 Å². The summed E-state index contributed by atoms with van der Waals surface area (Å²) in [5.41, 5.74) is -2.34. The molecular formula is C17H24F3N3O2. The Morgan fingerprint density at radius 3 is 2.40 bits per heavy atom. The van der Waals surface area contributed by atoms with Crippen molar-refractivity contribution < 1.29 is 23.1 Å². The summed E-state index contributed by atoms with van der Waals surface area (Å²) in [6.45, 7) is 2.59. The zero-order chi connectivity index (χ0) is 18.5. The summed E-state index contributed by atoms with van der Waals surface area (Å²) < 4.78 is 37.7. The maximum Gasteiger partial charge on any atom is 0.417 e. The third-order valence-corrected chi connectivity index (χ3v) is 4.34. The van der Waals surface area contributed by atoms with E-state index in [0.29, 0.717) is 12.5 Å². The quantitative estimate of drug-likeness (QED) is 0.849. The molecule has 0 aromatic carbocycles. The minimum atomic E-state index is -4.85. The number of carbonyl (C=O) groups is 1. The second-order valence-electron chi connectivity index (χ2n) is 6.65. The van der Waals surface area contributed by atoms with Gasteiger partial charge in [-0.3, -0.25) is 4.79 Å². The molecule has 0 bridgehead atoms. The normalized spacial score (nSPS) is 18.4. The highest BCUT2D eigenvalue weighted by atomic mass is 19.4. The van der Waals surface area contributed by atoms with E-state index in [1.165, 1.54) is 12.8 Å². The first-order valence-corrected chi connectivity index (χ1v) is 8.45. The first-order chi connectivity index (χ1) is 11.7. The third-order valence-electron chi connectivity index (χ3n) is 4.34. The summed E-state index contributed by atoms with van der Waals surface area (Å²) in [5, 5.41) is 11.7. The topological polar surface area (TPSA) is 65.5 Å². The molecule has 1 aromatic rings. The Kier molecular flexibility index (Phi) is 6.26. The van der Waals surface area contributed by atoms with Crippen LogP contribution in [0.1, 0.15) is 44.6 Å². The Bertz CT molecular complexity index is 565. The van der Waals surface area contributed by atoms with Crippen molar-refractivity contribution in [3.05, 3.63) is 23.9 Å². The molecule has 1 saturated heterocycles. The Hall–Kier alpha value is -1.83. The van der Waals surface area contributed by atoms with Gasteiger partial charge in [0.2, 0.25) is 5.91 Å². The lowest BCUT2D eigenvalue weighted by molar-refractivity contribution is -0.253. The van der Waals surface area contributed by atoms with E-state index in [-0.39, 0.29) is 6.54 Å². The van der Waals surface area contributed by atoms with Gasteiger partial charge in [0.05, 0.1) is 6.42 Å². The average molecular weight is 359 g/mol. The molecule has 1 aliphatic heterocycles. The molecule has 0 spiro atoms. The minimum Gasteiger partial charge on any atom is -0.380 e. The summed E-state index contributed by atoms with van der Waals surface area (Å²) in [7, 11) is 0. The van der Waals surface area contributed by atoms with Gasteiger partial charge in [-0.15, -0.1) is 0 Å². The zero-order valence-corrected chi connectivity index (χ0v) is 14.3. The lowest BCUT2D eigenvalue weighted by Crippen LogP contribution is -2.46. The fraction of sp³-hybridized carbons (Fsp3) is 0.647. The number of pyridine rings is 1. The first kappa shape index (κ1) is 19.5. The van der Waals surface area contributed by atoms with Crippen molar-refractivity contribution in [3.8, 4) is 0 Å². The molecule has 0 unspecified atom stereocenters. The van der Waals surface area contributed by atoms with Gasteiger partial charge in [0.15, 0.2) is 5.60 Å². The van der Waals surface area contributed by atoms with Crippen LogP contribution in [0.4, 0.5) is 19.0 Å². The lowest BCUT2D eigenvalue weighted by atomic mass is 10.0. The number of amides is 1. The maximum atomic E-state index is 12.6. The number of aliphatic hydroxyl groups is 1. The highest BCUT2D eigenvalue weighted by molar-refractivity contribution is 5.77. The summed E-state index contributed by atoms with van der Waals surface area (Å²) in [6, 6.07) is 3.66. The third kappa shape index (κ3) is 5.59. The number of hydrogen-bond donors (Lipinski definition) is 2. The van der Waals surface area contributed by atoms with Gasteiger partial charge < -0.3 is 15.3 Å². The molecule has 2 N–H and O–H groups in total. The van der Waals surface area contributed by atoms with Crippen molar-refractivity contribution in [2.75, 3.05) is 18.0 Å². The van der Waals surface area contributed by atoms with E-state index >= 15 is 0 Å². The largest absolute Gasteiger partial charge is 0.417 e. The van der Waals surface area contributed by atoms with Crippen LogP contribution in [-0.2, 0) is 11.3 Å². The molecule has 2 rings (SSSR count). The molecular weight excluding hydrogens is 335 g/mol. The molecule has 1 amide bonds. The Morgan fingerprint density at radius 1 is 1.24 bits per heavy atom. The zero-order valence-electron chi connectivity index (χ0n) is 14.3. The van der Waals surface area contributed by atoms with E-state index in [2.05, 4.69) is 15.2 Å². The highest BCUT2D eigenvalue weighted by Crippen LogP contribution is 2.32. The lowest BCUT2D eigenvalue weighted by Gasteiger charge is -2.25. The van der Waals surface area contributed by atoms with E-state index in [4.69, 9.17) is 0 Å². The van der Waals surface area contributed by atoms with Gasteiger partial charge >= 0.3 is 6.18 Å². The van der Waals surface area contributed by atoms with Gasteiger partial charge in [-0.05, 0) is 31.4 Å². The Balaban J connectivity index is 1.86. The number of rotatable bonds is 5. The second kappa shape index (κ2) is 8.03. The van der Waals surface area contributed by atoms with Crippen LogP contribution >= 0.6 is 0 Å². The van der Waals surface area contributed by atoms with Crippen LogP contribution in [0.25, 0.3) is 0 Å². The molecule has 1 fully saturated rings. The van der Waals surface area contributed by atoms with E-state index in [9.17, 15) is 23.1 Å². The molecule has 0 saturated carbocycles. The van der Waals surface area contributed by atoms with E-state index in [1.807, 2.05) is 6.07 Å². The maximum absolute atomic E-state index is 12.6. The number of alkyl halides is 3. The van der Waals surface area contributed by atoms with Crippen molar-refractivity contribution in [2.45, 2.75) is 57.3 Å². The highest BCUT2D eigenvalue weighted by Gasteiger charge is 2.50. The van der Waals surface area contributed by atoms with Crippen LogP contribution in [0.15, 0.2) is 18.3 Å². The van der Waals surface area contributed by atoms with Crippen LogP contribution in [0.5, 0.6) is 0 Å². The standard InChI is InChI=1S/C17H24F3N3O2/c1-16(25,17(18,19)20)10-15(24)22-12-13-6-7-14(21-11-13)23-8-4-2-3-5-9-23/h6-7,11,25H,2-5,8-10,12H2,1H3,(H,22,24)/t16-/m0/s1. The number of carbonyl (C=O) groups excluding carboxylic acids is 1. The molecule has 25 heavy (non-hydrogen) atoms. The molecule has 0 aliphatic carbocycles. The molecule has 140 valence electrons. The van der Waals surface area contributed by atoms with Crippen molar-refractivity contribution in [1.82, 2.24) is 10.3 Å². The predicted octanol–water partition coefficient (Wildman–Crippen LogP) is 2.78. The fourth-order valence-electron chi connectivity index (χ4n) is 2.68. The summed E-state index contributed by atoms with van der Waals surface area (Å²) in [5.74, 6) is 0.0101. The van der Waals surface area contributed by atoms with E-state index in [1.54, 1.807) is 12.3 Å². The van der Waals surface area contributed by atoms with Crippen molar-refractivity contribution in [3.63, 3.8) is 0 Å². The monoisotopic (exact) mass is 359 g/mol. The first-order valence-electron chi connectivity index (χ1n) is 8.45. The smallest absolute Gasteiger partial charge is 0.380 e. The van der Waals surface area contributed by atoms with Crippen molar-refractivity contribution in [2.24, 2.45) is 0 Å². The fourth-order valence-corrected chi connectivity index (χ4v) is 2.68. The average Bonchev–Trinajstić information content (AvgIpc) is 2.81. The number of anilines is 1. The summed E-state index contributed by atoms with van der Waals surface area (Å²) in [4.78, 5) is 18.2.